The second-order valence-corrected chi connectivity index (χ2v) is 6.16. The molecule has 5 rings (SSSR count). The Bertz CT molecular complexity index is 1150. The zero-order chi connectivity index (χ0) is 18.2. The molecule has 0 saturated carbocycles. The number of benzene rings is 2. The summed E-state index contributed by atoms with van der Waals surface area (Å²) in [7, 11) is 0. The maximum Gasteiger partial charge on any atom is 0.220 e. The number of aromatic nitrogens is 4. The molecule has 0 radical (unpaired) electrons. The summed E-state index contributed by atoms with van der Waals surface area (Å²) in [4.78, 5) is 17.4. The zero-order valence-electron chi connectivity index (χ0n) is 14.2. The van der Waals surface area contributed by atoms with E-state index in [1.807, 2.05) is 48.5 Å². The van der Waals surface area contributed by atoms with Crippen LogP contribution in [-0.2, 0) is 0 Å². The summed E-state index contributed by atoms with van der Waals surface area (Å²) in [5.74, 6) is 1.70. The third-order valence-corrected chi connectivity index (χ3v) is 4.37. The van der Waals surface area contributed by atoms with E-state index in [0.717, 1.165) is 33.7 Å². The highest BCUT2D eigenvalue weighted by Crippen LogP contribution is 2.35. The number of nitrogens with zero attached hydrogens (tertiary/aromatic N) is 4. The van der Waals surface area contributed by atoms with E-state index in [1.165, 1.54) is 0 Å². The molecule has 0 amide bonds. The molecule has 0 fully saturated rings. The lowest BCUT2D eigenvalue weighted by Crippen LogP contribution is -2.22. The summed E-state index contributed by atoms with van der Waals surface area (Å²) < 4.78 is 11.8. The highest BCUT2D eigenvalue weighted by atomic mass is 16.6. The van der Waals surface area contributed by atoms with Crippen molar-refractivity contribution >= 4 is 17.0 Å². The van der Waals surface area contributed by atoms with Gasteiger partial charge in [0.15, 0.2) is 17.6 Å². The Labute approximate surface area is 154 Å². The first-order valence-electron chi connectivity index (χ1n) is 8.50. The van der Waals surface area contributed by atoms with Crippen molar-refractivity contribution in [3.05, 3.63) is 66.6 Å². The van der Waals surface area contributed by atoms with Gasteiger partial charge in [-0.2, -0.15) is 0 Å². The predicted molar refractivity (Wildman–Crippen MR) is 100 cm³/mol. The first-order chi connectivity index (χ1) is 13.3. The average molecular weight is 357 g/mol. The van der Waals surface area contributed by atoms with Gasteiger partial charge in [-0.25, -0.2) is 15.0 Å². The van der Waals surface area contributed by atoms with Crippen LogP contribution in [0.15, 0.2) is 60.9 Å². The third-order valence-electron chi connectivity index (χ3n) is 4.37. The van der Waals surface area contributed by atoms with Gasteiger partial charge in [-0.15, -0.1) is 0 Å². The maximum atomic E-state index is 6.01. The molecular formula is C20H15N5O2. The molecular weight excluding hydrogens is 342 g/mol. The Kier molecular flexibility index (Phi) is 3.57. The molecule has 7 nitrogen and oxygen atoms in total. The fourth-order valence-corrected chi connectivity index (χ4v) is 3.04. The van der Waals surface area contributed by atoms with Crippen LogP contribution in [-0.4, -0.2) is 26.5 Å². The molecule has 7 heteroatoms. The van der Waals surface area contributed by atoms with Crippen molar-refractivity contribution in [3.63, 3.8) is 0 Å². The monoisotopic (exact) mass is 357 g/mol. The van der Waals surface area contributed by atoms with Gasteiger partial charge >= 0.3 is 0 Å². The van der Waals surface area contributed by atoms with E-state index >= 15 is 0 Å². The summed E-state index contributed by atoms with van der Waals surface area (Å²) in [5, 5.41) is 0. The zero-order valence-corrected chi connectivity index (χ0v) is 14.2. The lowest BCUT2D eigenvalue weighted by Gasteiger charge is -2.25. The van der Waals surface area contributed by atoms with E-state index in [4.69, 9.17) is 20.2 Å². The summed E-state index contributed by atoms with van der Waals surface area (Å²) >= 11 is 0. The summed E-state index contributed by atoms with van der Waals surface area (Å²) in [5.41, 5.74) is 9.60. The van der Waals surface area contributed by atoms with Crippen molar-refractivity contribution in [2.24, 2.45) is 0 Å². The molecule has 1 aliphatic heterocycles. The molecule has 132 valence electrons. The molecule has 4 aromatic rings. The molecule has 27 heavy (non-hydrogen) atoms. The van der Waals surface area contributed by atoms with Crippen LogP contribution in [0.2, 0.25) is 0 Å². The van der Waals surface area contributed by atoms with Crippen molar-refractivity contribution in [1.82, 2.24) is 19.9 Å². The number of fused-ring (bicyclic) bond motifs is 2. The molecule has 0 bridgehead atoms. The highest BCUT2D eigenvalue weighted by Gasteiger charge is 2.24. The molecule has 1 atom stereocenters. The molecule has 1 unspecified atom stereocenters. The molecule has 2 aromatic heterocycles. The van der Waals surface area contributed by atoms with E-state index < -0.39 is 0 Å². The maximum absolute atomic E-state index is 6.01. The Morgan fingerprint density at radius 1 is 0.926 bits per heavy atom. The quantitative estimate of drug-likeness (QED) is 0.588. The van der Waals surface area contributed by atoms with Gasteiger partial charge in [0.1, 0.15) is 12.3 Å². The van der Waals surface area contributed by atoms with Gasteiger partial charge in [0, 0.05) is 11.8 Å². The minimum atomic E-state index is -0.293. The number of nitrogen functional groups attached to an aromatic ring is 1. The molecule has 0 saturated heterocycles. The fraction of sp³-hybridized carbons (Fsp3) is 0.100. The lowest BCUT2D eigenvalue weighted by atomic mass is 10.1. The van der Waals surface area contributed by atoms with Crippen molar-refractivity contribution in [2.75, 3.05) is 12.3 Å². The molecule has 2 aromatic carbocycles. The fourth-order valence-electron chi connectivity index (χ4n) is 3.04. The smallest absolute Gasteiger partial charge is 0.220 e. The van der Waals surface area contributed by atoms with Crippen molar-refractivity contribution in [1.29, 1.82) is 0 Å². The van der Waals surface area contributed by atoms with Crippen LogP contribution in [0.5, 0.6) is 11.5 Å². The summed E-state index contributed by atoms with van der Waals surface area (Å²) in [6, 6.07) is 15.2. The SMILES string of the molecule is Nc1nccc(-c2ccc3nc(C4COc5ccccc5O4)cnc3c2)n1. The molecule has 1 aliphatic rings. The van der Waals surface area contributed by atoms with Crippen LogP contribution >= 0.6 is 0 Å². The Morgan fingerprint density at radius 3 is 2.70 bits per heavy atom. The van der Waals surface area contributed by atoms with Gasteiger partial charge in [0.2, 0.25) is 5.95 Å². The Morgan fingerprint density at radius 2 is 1.81 bits per heavy atom. The van der Waals surface area contributed by atoms with Crippen LogP contribution in [0.1, 0.15) is 11.8 Å². The largest absolute Gasteiger partial charge is 0.485 e. The second kappa shape index (κ2) is 6.21. The van der Waals surface area contributed by atoms with Gasteiger partial charge in [0.25, 0.3) is 0 Å². The van der Waals surface area contributed by atoms with E-state index in [0.29, 0.717) is 12.4 Å². The second-order valence-electron chi connectivity index (χ2n) is 6.16. The van der Waals surface area contributed by atoms with Crippen LogP contribution in [0, 0.1) is 0 Å². The van der Waals surface area contributed by atoms with Crippen molar-refractivity contribution < 1.29 is 9.47 Å². The minimum Gasteiger partial charge on any atom is -0.485 e. The number of hydrogen-bond donors (Lipinski definition) is 1. The van der Waals surface area contributed by atoms with Crippen LogP contribution in [0.25, 0.3) is 22.3 Å². The van der Waals surface area contributed by atoms with E-state index in [1.54, 1.807) is 12.4 Å². The van der Waals surface area contributed by atoms with Gasteiger partial charge in [-0.3, -0.25) is 4.98 Å². The van der Waals surface area contributed by atoms with Gasteiger partial charge in [-0.1, -0.05) is 18.2 Å². The molecule has 0 spiro atoms. The van der Waals surface area contributed by atoms with Crippen molar-refractivity contribution in [2.45, 2.75) is 6.10 Å². The van der Waals surface area contributed by atoms with Gasteiger partial charge < -0.3 is 15.2 Å². The standard InChI is InChI=1S/C20H15N5O2/c21-20-22-8-7-13(25-20)12-5-6-14-15(9-12)23-10-16(24-14)19-11-26-17-3-1-2-4-18(17)27-19/h1-10,19H,11H2,(H2,21,22,25). The number of ether oxygens (including phenoxy) is 2. The van der Waals surface area contributed by atoms with E-state index in [2.05, 4.69) is 15.0 Å². The first-order valence-corrected chi connectivity index (χ1v) is 8.50. The predicted octanol–water partition coefficient (Wildman–Crippen LogP) is 3.18. The normalized spacial score (nSPS) is 15.6. The lowest BCUT2D eigenvalue weighted by molar-refractivity contribution is 0.0883. The number of hydrogen-bond acceptors (Lipinski definition) is 7. The van der Waals surface area contributed by atoms with Crippen LogP contribution < -0.4 is 15.2 Å². The molecule has 2 N–H and O–H groups in total. The third kappa shape index (κ3) is 2.89. The van der Waals surface area contributed by atoms with Crippen LogP contribution in [0.3, 0.4) is 0 Å². The van der Waals surface area contributed by atoms with E-state index in [-0.39, 0.29) is 12.1 Å². The summed E-state index contributed by atoms with van der Waals surface area (Å²) in [6.45, 7) is 0.398. The Balaban J connectivity index is 1.47. The molecule has 3 heterocycles. The number of nitrogens with two attached hydrogens (primary N) is 1. The van der Waals surface area contributed by atoms with Crippen LogP contribution in [0.4, 0.5) is 5.95 Å². The van der Waals surface area contributed by atoms with Gasteiger partial charge in [-0.05, 0) is 30.3 Å². The summed E-state index contributed by atoms with van der Waals surface area (Å²) in [6.07, 6.45) is 3.07. The topological polar surface area (TPSA) is 96.0 Å². The van der Waals surface area contributed by atoms with Gasteiger partial charge in [0.05, 0.1) is 22.9 Å². The van der Waals surface area contributed by atoms with Crippen molar-refractivity contribution in [3.8, 4) is 22.8 Å². The Hall–Kier alpha value is -3.74. The first kappa shape index (κ1) is 15.5. The molecule has 0 aliphatic carbocycles. The number of anilines is 1. The van der Waals surface area contributed by atoms with E-state index in [9.17, 15) is 0 Å². The number of para-hydroxylation sites is 2. The minimum absolute atomic E-state index is 0.240. The highest BCUT2D eigenvalue weighted by molar-refractivity contribution is 5.80. The number of rotatable bonds is 2. The average Bonchev–Trinajstić information content (AvgIpc) is 2.72.